The summed E-state index contributed by atoms with van der Waals surface area (Å²) in [6.07, 6.45) is -2.38. The van der Waals surface area contributed by atoms with Crippen molar-refractivity contribution in [2.75, 3.05) is 7.11 Å². The van der Waals surface area contributed by atoms with Crippen LogP contribution < -0.4 is 10.6 Å². The van der Waals surface area contributed by atoms with Crippen LogP contribution in [0, 0.1) is 5.92 Å². The number of methoxy groups -OCH3 is 1. The molecule has 0 saturated carbocycles. The second-order valence-electron chi connectivity index (χ2n) is 9.42. The average molecular weight is 525 g/mol. The molecule has 4 atom stereocenters. The zero-order valence-electron chi connectivity index (χ0n) is 21.7. The number of nitrogens with zero attached hydrogens (tertiary/aromatic N) is 1. The molecule has 1 saturated heterocycles. The first-order chi connectivity index (χ1) is 18.1. The molecule has 3 N–H and O–H groups in total. The lowest BCUT2D eigenvalue weighted by Crippen LogP contribution is -2.57. The highest BCUT2D eigenvalue weighted by atomic mass is 16.7. The van der Waals surface area contributed by atoms with E-state index in [0.29, 0.717) is 12.1 Å². The minimum absolute atomic E-state index is 0.0618. The van der Waals surface area contributed by atoms with E-state index in [1.54, 1.807) is 12.1 Å². The molecule has 3 rings (SSSR count). The fourth-order valence-electron chi connectivity index (χ4n) is 3.95. The topological polar surface area (TPSA) is 153 Å². The van der Waals surface area contributed by atoms with E-state index >= 15 is 0 Å². The normalized spacial score (nSPS) is 17.4. The van der Waals surface area contributed by atoms with Gasteiger partial charge in [-0.3, -0.25) is 19.2 Å². The molecule has 1 fully saturated rings. The van der Waals surface area contributed by atoms with E-state index in [2.05, 4.69) is 20.4 Å². The Morgan fingerprint density at radius 1 is 1.08 bits per heavy atom. The van der Waals surface area contributed by atoms with Crippen molar-refractivity contribution in [2.24, 2.45) is 5.92 Å². The quantitative estimate of drug-likeness (QED) is 0.291. The third-order valence-electron chi connectivity index (χ3n) is 5.86. The van der Waals surface area contributed by atoms with E-state index in [0.717, 1.165) is 5.56 Å². The van der Waals surface area contributed by atoms with Crippen molar-refractivity contribution in [3.8, 4) is 11.3 Å². The minimum Gasteiger partial charge on any atom is -0.506 e. The maximum atomic E-state index is 13.2. The summed E-state index contributed by atoms with van der Waals surface area (Å²) in [5, 5.41) is 15.6. The van der Waals surface area contributed by atoms with E-state index < -0.39 is 55.1 Å². The highest BCUT2D eigenvalue weighted by molar-refractivity contribution is 6.51. The molecule has 1 aliphatic rings. The molecule has 1 aliphatic heterocycles. The van der Waals surface area contributed by atoms with Crippen LogP contribution in [0.1, 0.15) is 44.1 Å². The number of carbonyl (C=O) groups is 4. The monoisotopic (exact) mass is 525 g/mol. The summed E-state index contributed by atoms with van der Waals surface area (Å²) in [4.78, 5) is 54.4. The van der Waals surface area contributed by atoms with E-state index in [9.17, 15) is 24.3 Å². The second-order valence-corrected chi connectivity index (χ2v) is 9.42. The van der Waals surface area contributed by atoms with Gasteiger partial charge in [-0.05, 0) is 31.4 Å². The lowest BCUT2D eigenvalue weighted by atomic mass is 9.74. The van der Waals surface area contributed by atoms with Gasteiger partial charge in [0.1, 0.15) is 11.7 Å². The number of carbonyl (C=O) groups excluding carboxylic acids is 4. The molecule has 2 amide bonds. The van der Waals surface area contributed by atoms with Crippen LogP contribution in [0.3, 0.4) is 0 Å². The van der Waals surface area contributed by atoms with Crippen LogP contribution in [0.5, 0.6) is 0 Å². The van der Waals surface area contributed by atoms with Gasteiger partial charge in [0, 0.05) is 5.56 Å². The zero-order valence-corrected chi connectivity index (χ0v) is 21.7. The number of benzene rings is 1. The summed E-state index contributed by atoms with van der Waals surface area (Å²) < 4.78 is 15.5. The Labute approximate surface area is 221 Å². The van der Waals surface area contributed by atoms with Gasteiger partial charge in [0.25, 0.3) is 5.91 Å². The number of rotatable bonds is 11. The number of nitrogens with one attached hydrogen (secondary N) is 2. The molecule has 38 heavy (non-hydrogen) atoms. The van der Waals surface area contributed by atoms with E-state index in [4.69, 9.17) is 9.31 Å². The van der Waals surface area contributed by atoms with Gasteiger partial charge >= 0.3 is 19.1 Å². The van der Waals surface area contributed by atoms with Gasteiger partial charge in [-0.25, -0.2) is 4.98 Å². The van der Waals surface area contributed by atoms with E-state index in [1.165, 1.54) is 20.1 Å². The summed E-state index contributed by atoms with van der Waals surface area (Å²) in [5.74, 6) is -3.47. The fourth-order valence-corrected chi connectivity index (χ4v) is 3.95. The Kier molecular flexibility index (Phi) is 9.97. The number of esters is 1. The Morgan fingerprint density at radius 2 is 1.79 bits per heavy atom. The Hall–Kier alpha value is -3.77. The van der Waals surface area contributed by atoms with Crippen molar-refractivity contribution in [3.63, 3.8) is 0 Å². The van der Waals surface area contributed by atoms with Gasteiger partial charge in [-0.1, -0.05) is 50.2 Å². The third kappa shape index (κ3) is 7.62. The molecule has 1 aromatic heterocycles. The van der Waals surface area contributed by atoms with Crippen molar-refractivity contribution in [2.45, 2.75) is 57.8 Å². The first-order valence-corrected chi connectivity index (χ1v) is 12.3. The highest BCUT2D eigenvalue weighted by Crippen LogP contribution is 2.20. The van der Waals surface area contributed by atoms with Crippen LogP contribution in [0.2, 0.25) is 0 Å². The largest absolute Gasteiger partial charge is 0.552 e. The SMILES string of the molecule is COC(=O)C[C@@H]1OB([C@H](CC(C)C)NC(=O)C(NC(=O)c2cccc(-c3ccccc3)n2)[C@@H](C)O)OC1=O. The van der Waals surface area contributed by atoms with Crippen LogP contribution in [0.25, 0.3) is 11.3 Å². The number of hydrogen-bond donors (Lipinski definition) is 3. The van der Waals surface area contributed by atoms with Crippen molar-refractivity contribution >= 4 is 30.9 Å². The Bertz CT molecular complexity index is 1140. The molecular formula is C26H32BN3O8. The lowest BCUT2D eigenvalue weighted by molar-refractivity contribution is -0.147. The van der Waals surface area contributed by atoms with Gasteiger partial charge in [0.05, 0.1) is 31.3 Å². The lowest BCUT2D eigenvalue weighted by Gasteiger charge is -2.26. The van der Waals surface area contributed by atoms with Crippen LogP contribution >= 0.6 is 0 Å². The minimum atomic E-state index is -1.33. The number of aromatic nitrogens is 1. The Morgan fingerprint density at radius 3 is 2.42 bits per heavy atom. The smallest absolute Gasteiger partial charge is 0.506 e. The third-order valence-corrected chi connectivity index (χ3v) is 5.86. The summed E-state index contributed by atoms with van der Waals surface area (Å²) in [7, 11) is 0.0397. The van der Waals surface area contributed by atoms with Crippen LogP contribution in [0.4, 0.5) is 0 Å². The molecular weight excluding hydrogens is 493 g/mol. The predicted molar refractivity (Wildman–Crippen MR) is 137 cm³/mol. The van der Waals surface area contributed by atoms with Crippen LogP contribution in [0.15, 0.2) is 48.5 Å². The van der Waals surface area contributed by atoms with Crippen molar-refractivity contribution in [3.05, 3.63) is 54.2 Å². The second kappa shape index (κ2) is 13.2. The first kappa shape index (κ1) is 28.8. The molecule has 11 nitrogen and oxygen atoms in total. The van der Waals surface area contributed by atoms with Crippen molar-refractivity contribution in [1.29, 1.82) is 0 Å². The summed E-state index contributed by atoms with van der Waals surface area (Å²) >= 11 is 0. The van der Waals surface area contributed by atoms with Crippen molar-refractivity contribution in [1.82, 2.24) is 15.6 Å². The van der Waals surface area contributed by atoms with Gasteiger partial charge in [0.2, 0.25) is 5.91 Å². The van der Waals surface area contributed by atoms with Crippen LogP contribution in [-0.4, -0.2) is 72.3 Å². The van der Waals surface area contributed by atoms with Gasteiger partial charge in [0.15, 0.2) is 6.10 Å². The van der Waals surface area contributed by atoms with Gasteiger partial charge in [-0.15, -0.1) is 0 Å². The Balaban J connectivity index is 1.72. The van der Waals surface area contributed by atoms with Gasteiger partial charge < -0.3 is 29.8 Å². The highest BCUT2D eigenvalue weighted by Gasteiger charge is 2.47. The van der Waals surface area contributed by atoms with E-state index in [-0.39, 0.29) is 18.0 Å². The van der Waals surface area contributed by atoms with Gasteiger partial charge in [-0.2, -0.15) is 0 Å². The summed E-state index contributed by atoms with van der Waals surface area (Å²) in [6, 6.07) is 12.9. The first-order valence-electron chi connectivity index (χ1n) is 12.3. The molecule has 202 valence electrons. The molecule has 0 spiro atoms. The fraction of sp³-hybridized carbons (Fsp3) is 0.423. The van der Waals surface area contributed by atoms with E-state index in [1.807, 2.05) is 44.2 Å². The molecule has 0 aliphatic carbocycles. The molecule has 2 aromatic rings. The molecule has 1 aromatic carbocycles. The average Bonchev–Trinajstić information content (AvgIpc) is 3.26. The van der Waals surface area contributed by atoms with Crippen molar-refractivity contribution < 1.29 is 38.3 Å². The summed E-state index contributed by atoms with van der Waals surface area (Å²) in [6.45, 7) is 5.18. The molecule has 1 unspecified atom stereocenters. The number of aliphatic hydroxyl groups is 1. The number of aliphatic hydroxyl groups excluding tert-OH is 1. The molecule has 12 heteroatoms. The summed E-state index contributed by atoms with van der Waals surface area (Å²) in [5.41, 5.74) is 1.47. The maximum Gasteiger partial charge on any atom is 0.552 e. The maximum absolute atomic E-state index is 13.2. The van der Waals surface area contributed by atoms with Crippen LogP contribution in [-0.2, 0) is 28.4 Å². The number of hydrogen-bond acceptors (Lipinski definition) is 9. The number of ether oxygens (including phenoxy) is 1. The standard InChI is InChI=1S/C26H32BN3O8/c1-15(2)13-21(27-37-20(26(35)38-27)14-22(32)36-4)29-25(34)23(16(3)31)30-24(33)19-12-8-11-18(28-19)17-9-6-5-7-10-17/h5-12,15-16,20-21,23,31H,13-14H2,1-4H3,(H,29,34)(H,30,33)/t16-,20+,21+,23?/m1/s1. The number of amides is 2. The molecule has 2 heterocycles. The predicted octanol–water partition coefficient (Wildman–Crippen LogP) is 1.29. The molecule has 0 radical (unpaired) electrons. The zero-order chi connectivity index (χ0) is 27.8. The molecule has 0 bridgehead atoms. The number of pyridine rings is 1.